The average molecular weight is 604 g/mol. The van der Waals surface area contributed by atoms with Gasteiger partial charge in [0.1, 0.15) is 29.3 Å². The van der Waals surface area contributed by atoms with Crippen molar-refractivity contribution in [2.24, 2.45) is 5.73 Å². The van der Waals surface area contributed by atoms with E-state index < -0.39 is 47.3 Å². The van der Waals surface area contributed by atoms with E-state index in [1.165, 1.54) is 6.20 Å². The monoisotopic (exact) mass is 603 g/mol. The molecule has 0 radical (unpaired) electrons. The van der Waals surface area contributed by atoms with E-state index in [0.29, 0.717) is 41.2 Å². The third-order valence-electron chi connectivity index (χ3n) is 8.50. The van der Waals surface area contributed by atoms with E-state index in [2.05, 4.69) is 4.98 Å². The van der Waals surface area contributed by atoms with Crippen molar-refractivity contribution in [3.05, 3.63) is 128 Å². The summed E-state index contributed by atoms with van der Waals surface area (Å²) in [6.45, 7) is -0.375. The second-order valence-electron chi connectivity index (χ2n) is 10.8. The Balaban J connectivity index is 1.81. The number of rotatable bonds is 11. The van der Waals surface area contributed by atoms with Crippen molar-refractivity contribution in [2.75, 3.05) is 27.4 Å². The van der Waals surface area contributed by atoms with Crippen LogP contribution in [-0.4, -0.2) is 70.1 Å². The van der Waals surface area contributed by atoms with E-state index in [1.54, 1.807) is 62.8 Å². The molecule has 1 aromatic heterocycles. The van der Waals surface area contributed by atoms with Gasteiger partial charge in [-0.3, -0.25) is 14.3 Å². The number of nitrogens with zero attached hydrogens (tertiary/aromatic N) is 1. The Morgan fingerprint density at radius 3 is 1.98 bits per heavy atom. The first kappa shape index (κ1) is 31.2. The number of methoxy groups -OCH3 is 2. The molecule has 1 saturated heterocycles. The molecule has 1 aliphatic rings. The summed E-state index contributed by atoms with van der Waals surface area (Å²) in [7, 11) is 3.09. The topological polar surface area (TPSA) is 169 Å². The Bertz CT molecular complexity index is 1620. The average Bonchev–Trinajstić information content (AvgIpc) is 3.32. The summed E-state index contributed by atoms with van der Waals surface area (Å²) in [5.74, 6) is 1.14. The molecule has 44 heavy (non-hydrogen) atoms. The number of ether oxygens (including phenoxy) is 3. The van der Waals surface area contributed by atoms with E-state index >= 15 is 0 Å². The fraction of sp³-hybridized carbons (Fsp3) is 0.333. The highest BCUT2D eigenvalue weighted by Gasteiger charge is 2.68. The lowest BCUT2D eigenvalue weighted by atomic mass is 9.56. The zero-order valence-corrected chi connectivity index (χ0v) is 24.6. The number of hydrogen-bond donors (Lipinski definition) is 5. The highest BCUT2D eigenvalue weighted by atomic mass is 16.6. The fourth-order valence-corrected chi connectivity index (χ4v) is 6.37. The minimum absolute atomic E-state index is 0.265. The van der Waals surface area contributed by atoms with Gasteiger partial charge >= 0.3 is 5.69 Å². The summed E-state index contributed by atoms with van der Waals surface area (Å²) in [5, 5.41) is 36.1. The van der Waals surface area contributed by atoms with Crippen LogP contribution in [0.2, 0.25) is 0 Å². The third kappa shape index (κ3) is 5.02. The minimum atomic E-state index is -2.29. The van der Waals surface area contributed by atoms with Crippen LogP contribution in [0.15, 0.2) is 94.6 Å². The first-order chi connectivity index (χ1) is 21.3. The lowest BCUT2D eigenvalue weighted by molar-refractivity contribution is -0.122. The lowest BCUT2D eigenvalue weighted by Gasteiger charge is -2.50. The quantitative estimate of drug-likeness (QED) is 0.159. The smallest absolute Gasteiger partial charge is 0.330 e. The predicted molar refractivity (Wildman–Crippen MR) is 163 cm³/mol. The van der Waals surface area contributed by atoms with Crippen LogP contribution in [0.1, 0.15) is 34.9 Å². The maximum Gasteiger partial charge on any atom is 0.330 e. The van der Waals surface area contributed by atoms with Crippen LogP contribution in [0.3, 0.4) is 0 Å². The van der Waals surface area contributed by atoms with Gasteiger partial charge in [-0.2, -0.15) is 0 Å². The van der Waals surface area contributed by atoms with Crippen LogP contribution in [0.5, 0.6) is 11.5 Å². The van der Waals surface area contributed by atoms with Gasteiger partial charge in [0.25, 0.3) is 5.56 Å². The molecule has 4 aromatic rings. The molecule has 0 bridgehead atoms. The number of aromatic nitrogens is 2. The number of aryl methyl sites for hydroxylation is 1. The molecule has 0 unspecified atom stereocenters. The molecule has 0 saturated carbocycles. The van der Waals surface area contributed by atoms with Crippen molar-refractivity contribution in [3.63, 3.8) is 0 Å². The molecule has 4 atom stereocenters. The summed E-state index contributed by atoms with van der Waals surface area (Å²) in [6.07, 6.45) is -2.58. The van der Waals surface area contributed by atoms with Crippen molar-refractivity contribution >= 4 is 0 Å². The van der Waals surface area contributed by atoms with Crippen molar-refractivity contribution in [1.82, 2.24) is 9.55 Å². The molecule has 11 nitrogen and oxygen atoms in total. The Hall–Kier alpha value is -4.26. The fourth-order valence-electron chi connectivity index (χ4n) is 6.37. The maximum absolute atomic E-state index is 13.1. The second kappa shape index (κ2) is 12.8. The van der Waals surface area contributed by atoms with Crippen molar-refractivity contribution in [3.8, 4) is 11.5 Å². The zero-order chi connectivity index (χ0) is 31.5. The number of aromatic amines is 1. The molecule has 5 rings (SSSR count). The molecule has 232 valence electrons. The molecular formula is C33H37N3O8. The number of aliphatic hydroxyl groups is 3. The molecular weight excluding hydrogens is 566 g/mol. The van der Waals surface area contributed by atoms with Gasteiger partial charge in [-0.05, 0) is 60.3 Å². The minimum Gasteiger partial charge on any atom is -0.497 e. The normalized spacial score (nSPS) is 21.7. The number of aliphatic hydroxyl groups excluding tert-OH is 2. The van der Waals surface area contributed by atoms with Crippen molar-refractivity contribution in [2.45, 2.75) is 42.3 Å². The van der Waals surface area contributed by atoms with E-state index in [4.69, 9.17) is 19.9 Å². The SMILES string of the molecule is COc1ccc(C(c2ccccc2)(c2ccc(OC)cc2)[C@@]2(O)[C@@H](CO)O[C@@H](n3cc(CCCN)c(=O)[nH]c3=O)[C@@H]2O)cc1. The van der Waals surface area contributed by atoms with Crippen LogP contribution in [0.25, 0.3) is 0 Å². The Kier molecular flexibility index (Phi) is 9.05. The molecule has 0 spiro atoms. The molecule has 1 fully saturated rings. The highest BCUT2D eigenvalue weighted by molar-refractivity contribution is 5.57. The van der Waals surface area contributed by atoms with Crippen LogP contribution in [0.4, 0.5) is 0 Å². The number of H-pyrrole nitrogens is 1. The van der Waals surface area contributed by atoms with Gasteiger partial charge in [0.15, 0.2) is 6.23 Å². The van der Waals surface area contributed by atoms with Crippen LogP contribution in [-0.2, 0) is 16.6 Å². The van der Waals surface area contributed by atoms with E-state index in [0.717, 1.165) is 4.57 Å². The molecule has 6 N–H and O–H groups in total. The summed E-state index contributed by atoms with van der Waals surface area (Å²) >= 11 is 0. The molecule has 3 aromatic carbocycles. The van der Waals surface area contributed by atoms with Gasteiger partial charge in [-0.15, -0.1) is 0 Å². The van der Waals surface area contributed by atoms with Gasteiger partial charge in [0.2, 0.25) is 0 Å². The largest absolute Gasteiger partial charge is 0.497 e. The van der Waals surface area contributed by atoms with E-state index in [9.17, 15) is 24.9 Å². The third-order valence-corrected chi connectivity index (χ3v) is 8.50. The van der Waals surface area contributed by atoms with Crippen molar-refractivity contribution < 1.29 is 29.5 Å². The number of hydrogen-bond acceptors (Lipinski definition) is 9. The zero-order valence-electron chi connectivity index (χ0n) is 24.6. The Morgan fingerprint density at radius 2 is 1.48 bits per heavy atom. The Labute approximate surface area is 254 Å². The van der Waals surface area contributed by atoms with Gasteiger partial charge in [-0.1, -0.05) is 54.6 Å². The summed E-state index contributed by atoms with van der Waals surface area (Å²) in [6, 6.07) is 23.2. The molecule has 11 heteroatoms. The number of nitrogens with two attached hydrogens (primary N) is 1. The summed E-state index contributed by atoms with van der Waals surface area (Å²) in [5.41, 5.74) is 2.31. The Morgan fingerprint density at radius 1 is 0.932 bits per heavy atom. The first-order valence-electron chi connectivity index (χ1n) is 14.3. The summed E-state index contributed by atoms with van der Waals surface area (Å²) in [4.78, 5) is 27.9. The van der Waals surface area contributed by atoms with Gasteiger partial charge in [0.05, 0.1) is 26.2 Å². The molecule has 0 aliphatic carbocycles. The molecule has 1 aliphatic heterocycles. The van der Waals surface area contributed by atoms with Crippen LogP contribution in [0, 0.1) is 0 Å². The van der Waals surface area contributed by atoms with E-state index in [1.807, 2.05) is 30.3 Å². The standard InChI is InChI=1S/C33H37N3O8/c1-42-25-14-10-23(11-15-25)32(22-8-4-3-5-9-22,24-12-16-26(43-2)17-13-24)33(41)27(20-37)44-30(28(33)38)36-19-21(7-6-18-34)29(39)35-31(36)40/h3-5,8-17,19,27-28,30,37-38,41H,6-7,18,20,34H2,1-2H3,(H,35,39,40)/t27-,28+,30-,33-/m1/s1. The first-order valence-corrected chi connectivity index (χ1v) is 14.3. The number of nitrogens with one attached hydrogen (secondary N) is 1. The van der Waals surface area contributed by atoms with E-state index in [-0.39, 0.29) is 12.0 Å². The van der Waals surface area contributed by atoms with Gasteiger partial charge in [-0.25, -0.2) is 4.79 Å². The highest BCUT2D eigenvalue weighted by Crippen LogP contribution is 2.56. The van der Waals surface area contributed by atoms with Crippen LogP contribution < -0.4 is 26.5 Å². The lowest BCUT2D eigenvalue weighted by Crippen LogP contribution is -2.64. The summed E-state index contributed by atoms with van der Waals surface area (Å²) < 4.78 is 18.0. The van der Waals surface area contributed by atoms with Gasteiger partial charge in [0, 0.05) is 11.8 Å². The van der Waals surface area contributed by atoms with Gasteiger partial charge < -0.3 is 35.3 Å². The predicted octanol–water partition coefficient (Wildman–Crippen LogP) is 1.46. The number of benzene rings is 3. The molecule has 2 heterocycles. The van der Waals surface area contributed by atoms with Crippen LogP contribution >= 0.6 is 0 Å². The molecule has 0 amide bonds. The second-order valence-corrected chi connectivity index (χ2v) is 10.8. The van der Waals surface area contributed by atoms with Crippen molar-refractivity contribution in [1.29, 1.82) is 0 Å². The maximum atomic E-state index is 13.1.